The summed E-state index contributed by atoms with van der Waals surface area (Å²) >= 11 is 5.87. The number of rotatable bonds is 4. The van der Waals surface area contributed by atoms with Gasteiger partial charge in [-0.3, -0.25) is 4.79 Å². The molecule has 1 saturated heterocycles. The highest BCUT2D eigenvalue weighted by atomic mass is 35.5. The van der Waals surface area contributed by atoms with Crippen molar-refractivity contribution in [3.05, 3.63) is 0 Å². The number of nitrogens with one attached hydrogen (secondary N) is 1. The molecule has 3 nitrogen and oxygen atoms in total. The van der Waals surface area contributed by atoms with Gasteiger partial charge in [0.1, 0.15) is 5.60 Å². The first-order chi connectivity index (χ1) is 6.94. The second-order valence-corrected chi connectivity index (χ2v) is 5.32. The second-order valence-electron chi connectivity index (χ2n) is 4.57. The Labute approximate surface area is 96.5 Å². The van der Waals surface area contributed by atoms with Gasteiger partial charge >= 0.3 is 0 Å². The second kappa shape index (κ2) is 5.17. The molecular weight excluding hydrogens is 214 g/mol. The van der Waals surface area contributed by atoms with Crippen molar-refractivity contribution < 1.29 is 9.53 Å². The van der Waals surface area contributed by atoms with Crippen molar-refractivity contribution in [1.29, 1.82) is 0 Å². The quantitative estimate of drug-likeness (QED) is 0.755. The first-order valence-corrected chi connectivity index (χ1v) is 5.97. The lowest BCUT2D eigenvalue weighted by molar-refractivity contribution is -0.140. The zero-order valence-electron chi connectivity index (χ0n) is 9.68. The number of ether oxygens (including phenoxy) is 1. The molecule has 3 atom stereocenters. The predicted molar refractivity (Wildman–Crippen MR) is 61.1 cm³/mol. The summed E-state index contributed by atoms with van der Waals surface area (Å²) in [4.78, 5) is 11.9. The molecule has 0 aromatic rings. The first-order valence-electron chi connectivity index (χ1n) is 5.53. The van der Waals surface area contributed by atoms with Crippen molar-refractivity contribution in [2.75, 3.05) is 6.61 Å². The van der Waals surface area contributed by atoms with Gasteiger partial charge in [0.15, 0.2) is 0 Å². The van der Waals surface area contributed by atoms with Crippen molar-refractivity contribution in [1.82, 2.24) is 5.32 Å². The molecule has 0 aromatic carbocycles. The average molecular weight is 234 g/mol. The van der Waals surface area contributed by atoms with Crippen molar-refractivity contribution in [3.8, 4) is 0 Å². The molecule has 3 unspecified atom stereocenters. The van der Waals surface area contributed by atoms with Crippen LogP contribution in [-0.2, 0) is 9.53 Å². The molecule has 0 bridgehead atoms. The Kier molecular flexibility index (Phi) is 4.41. The minimum atomic E-state index is -0.621. The Morgan fingerprint density at radius 2 is 2.27 bits per heavy atom. The summed E-state index contributed by atoms with van der Waals surface area (Å²) in [6.07, 6.45) is 2.55. The molecule has 4 heteroatoms. The summed E-state index contributed by atoms with van der Waals surface area (Å²) in [5, 5.41) is 3.03. The molecular formula is C11H20ClNO2. The van der Waals surface area contributed by atoms with Crippen LogP contribution in [0.15, 0.2) is 0 Å². The van der Waals surface area contributed by atoms with E-state index in [1.165, 1.54) is 0 Å². The average Bonchev–Trinajstić information content (AvgIpc) is 2.51. The van der Waals surface area contributed by atoms with Crippen molar-refractivity contribution in [3.63, 3.8) is 0 Å². The molecule has 0 radical (unpaired) electrons. The van der Waals surface area contributed by atoms with Gasteiger partial charge < -0.3 is 10.1 Å². The van der Waals surface area contributed by atoms with E-state index < -0.39 is 5.60 Å². The lowest BCUT2D eigenvalue weighted by Crippen LogP contribution is -2.47. The molecule has 1 aliphatic rings. The molecule has 1 amide bonds. The normalized spacial score (nSPS) is 29.9. The van der Waals surface area contributed by atoms with Crippen molar-refractivity contribution in [2.24, 2.45) is 0 Å². The number of carbonyl (C=O) groups excluding carboxylic acids is 1. The lowest BCUT2D eigenvalue weighted by Gasteiger charge is -2.25. The highest BCUT2D eigenvalue weighted by Crippen LogP contribution is 2.25. The topological polar surface area (TPSA) is 38.3 Å². The van der Waals surface area contributed by atoms with Gasteiger partial charge in [-0.25, -0.2) is 0 Å². The maximum atomic E-state index is 11.9. The van der Waals surface area contributed by atoms with Crippen molar-refractivity contribution in [2.45, 2.75) is 57.1 Å². The fraction of sp³-hybridized carbons (Fsp3) is 0.909. The van der Waals surface area contributed by atoms with Crippen molar-refractivity contribution >= 4 is 17.5 Å². The van der Waals surface area contributed by atoms with Crippen LogP contribution in [0.4, 0.5) is 0 Å². The minimum absolute atomic E-state index is 0.00943. The Bertz CT molecular complexity index is 225. The van der Waals surface area contributed by atoms with Crippen LogP contribution in [0.1, 0.15) is 40.0 Å². The van der Waals surface area contributed by atoms with Crippen LogP contribution in [0.3, 0.4) is 0 Å². The van der Waals surface area contributed by atoms with E-state index in [1.54, 1.807) is 0 Å². The van der Waals surface area contributed by atoms with E-state index in [-0.39, 0.29) is 17.3 Å². The van der Waals surface area contributed by atoms with Crippen LogP contribution in [0.5, 0.6) is 0 Å². The smallest absolute Gasteiger partial charge is 0.252 e. The Hall–Kier alpha value is -0.280. The van der Waals surface area contributed by atoms with Gasteiger partial charge in [0.2, 0.25) is 0 Å². The third kappa shape index (κ3) is 3.65. The summed E-state index contributed by atoms with van der Waals surface area (Å²) < 4.78 is 5.46. The Morgan fingerprint density at radius 1 is 1.60 bits per heavy atom. The molecule has 1 N–H and O–H groups in total. The molecule has 15 heavy (non-hydrogen) atoms. The van der Waals surface area contributed by atoms with Crippen LogP contribution < -0.4 is 5.32 Å². The van der Waals surface area contributed by atoms with E-state index in [9.17, 15) is 4.79 Å². The van der Waals surface area contributed by atoms with Gasteiger partial charge in [-0.2, -0.15) is 0 Å². The summed E-state index contributed by atoms with van der Waals surface area (Å²) in [7, 11) is 0. The molecule has 88 valence electrons. The monoisotopic (exact) mass is 233 g/mol. The molecule has 1 heterocycles. The Balaban J connectivity index is 2.40. The molecule has 0 aromatic heterocycles. The fourth-order valence-electron chi connectivity index (χ4n) is 1.88. The van der Waals surface area contributed by atoms with E-state index in [0.29, 0.717) is 6.61 Å². The van der Waals surface area contributed by atoms with E-state index >= 15 is 0 Å². The van der Waals surface area contributed by atoms with Crippen LogP contribution in [0.2, 0.25) is 0 Å². The molecule has 0 spiro atoms. The molecule has 0 aliphatic carbocycles. The zero-order chi connectivity index (χ0) is 11.5. The highest BCUT2D eigenvalue weighted by molar-refractivity contribution is 6.20. The number of amides is 1. The van der Waals surface area contributed by atoms with Gasteiger partial charge in [0.05, 0.1) is 0 Å². The van der Waals surface area contributed by atoms with E-state index in [4.69, 9.17) is 16.3 Å². The summed E-state index contributed by atoms with van der Waals surface area (Å²) in [5.41, 5.74) is -0.621. The zero-order valence-corrected chi connectivity index (χ0v) is 10.4. The number of alkyl halides is 1. The summed E-state index contributed by atoms with van der Waals surface area (Å²) in [6, 6.07) is 0.103. The number of hydrogen-bond donors (Lipinski definition) is 1. The predicted octanol–water partition coefficient (Wildman–Crippen LogP) is 2.08. The molecule has 1 aliphatic heterocycles. The van der Waals surface area contributed by atoms with E-state index in [1.807, 2.05) is 20.8 Å². The maximum absolute atomic E-state index is 11.9. The van der Waals surface area contributed by atoms with E-state index in [0.717, 1.165) is 19.3 Å². The van der Waals surface area contributed by atoms with Crippen LogP contribution >= 0.6 is 11.6 Å². The van der Waals surface area contributed by atoms with Gasteiger partial charge in [-0.1, -0.05) is 0 Å². The van der Waals surface area contributed by atoms with E-state index in [2.05, 4.69) is 5.32 Å². The van der Waals surface area contributed by atoms with Crippen LogP contribution in [-0.4, -0.2) is 29.5 Å². The van der Waals surface area contributed by atoms with Gasteiger partial charge in [-0.05, 0) is 40.0 Å². The van der Waals surface area contributed by atoms with Gasteiger partial charge in [-0.15, -0.1) is 11.6 Å². The standard InChI is InChI=1S/C11H20ClNO2/c1-8(12)7-9(2)13-10(14)11(3)5-4-6-15-11/h8-9H,4-7H2,1-3H3,(H,13,14). The Morgan fingerprint density at radius 3 is 2.73 bits per heavy atom. The fourth-order valence-corrected chi connectivity index (χ4v) is 2.15. The maximum Gasteiger partial charge on any atom is 0.252 e. The van der Waals surface area contributed by atoms with Crippen LogP contribution in [0, 0.1) is 0 Å². The number of hydrogen-bond acceptors (Lipinski definition) is 2. The molecule has 1 fully saturated rings. The largest absolute Gasteiger partial charge is 0.365 e. The molecule has 0 saturated carbocycles. The summed E-state index contributed by atoms with van der Waals surface area (Å²) in [5.74, 6) is -0.00943. The first kappa shape index (κ1) is 12.8. The third-order valence-electron chi connectivity index (χ3n) is 2.75. The summed E-state index contributed by atoms with van der Waals surface area (Å²) in [6.45, 7) is 6.43. The number of carbonyl (C=O) groups is 1. The SMILES string of the molecule is CC(Cl)CC(C)NC(=O)C1(C)CCCO1. The van der Waals surface area contributed by atoms with Crippen LogP contribution in [0.25, 0.3) is 0 Å². The number of halogens is 1. The third-order valence-corrected chi connectivity index (χ3v) is 2.93. The van der Waals surface area contributed by atoms with Gasteiger partial charge in [0, 0.05) is 18.0 Å². The molecule has 1 rings (SSSR count). The highest BCUT2D eigenvalue weighted by Gasteiger charge is 2.38. The lowest BCUT2D eigenvalue weighted by atomic mass is 10.0. The van der Waals surface area contributed by atoms with Gasteiger partial charge in [0.25, 0.3) is 5.91 Å². The minimum Gasteiger partial charge on any atom is -0.365 e.